The lowest BCUT2D eigenvalue weighted by Crippen LogP contribution is -2.11. The molecular formula is C48H80N2O3. The summed E-state index contributed by atoms with van der Waals surface area (Å²) in [6.45, 7) is 4.56. The predicted molar refractivity (Wildman–Crippen MR) is 229 cm³/mol. The minimum Gasteiger partial charge on any atom is -0.457 e. The number of benzene rings is 2. The molecule has 5 nitrogen and oxygen atoms in total. The molecule has 0 spiro atoms. The van der Waals surface area contributed by atoms with Gasteiger partial charge in [0.1, 0.15) is 11.5 Å². The Morgan fingerprint density at radius 3 is 0.830 bits per heavy atom. The molecule has 2 amide bonds. The zero-order valence-electron chi connectivity index (χ0n) is 34.5. The van der Waals surface area contributed by atoms with E-state index in [4.69, 9.17) is 4.74 Å². The van der Waals surface area contributed by atoms with Crippen LogP contribution >= 0.6 is 0 Å². The normalized spacial score (nSPS) is 11.1. The summed E-state index contributed by atoms with van der Waals surface area (Å²) in [6, 6.07) is 15.0. The number of rotatable bonds is 36. The number of carbonyl (C=O) groups excluding carboxylic acids is 2. The molecule has 0 atom stereocenters. The number of nitrogens with one attached hydrogen (secondary N) is 2. The molecule has 2 aromatic rings. The molecule has 2 aromatic carbocycles. The first kappa shape index (κ1) is 46.3. The monoisotopic (exact) mass is 733 g/mol. The van der Waals surface area contributed by atoms with Gasteiger partial charge in [0.15, 0.2) is 0 Å². The van der Waals surface area contributed by atoms with Gasteiger partial charge in [0.25, 0.3) is 0 Å². The molecule has 0 unspecified atom stereocenters. The fourth-order valence-electron chi connectivity index (χ4n) is 7.11. The number of anilines is 2. The SMILES string of the molecule is CCCCCCCCCCCCCCCCCC(=O)Nc1ccc(Oc2ccc(NC(=O)CCCCCCCCCCCCCCCCC)cc2)cc1. The van der Waals surface area contributed by atoms with Gasteiger partial charge in [0, 0.05) is 24.2 Å². The molecule has 0 saturated heterocycles. The Kier molecular flexibility index (Phi) is 29.5. The van der Waals surface area contributed by atoms with Gasteiger partial charge in [-0.1, -0.05) is 194 Å². The van der Waals surface area contributed by atoms with E-state index in [0.717, 1.165) is 37.1 Å². The molecule has 300 valence electrons. The number of unbranched alkanes of at least 4 members (excludes halogenated alkanes) is 28. The predicted octanol–water partition coefficient (Wildman–Crippen LogP) is 15.9. The average Bonchev–Trinajstić information content (AvgIpc) is 3.16. The van der Waals surface area contributed by atoms with Gasteiger partial charge >= 0.3 is 0 Å². The van der Waals surface area contributed by atoms with Gasteiger partial charge in [-0.05, 0) is 61.4 Å². The van der Waals surface area contributed by atoms with Crippen molar-refractivity contribution in [1.82, 2.24) is 0 Å². The summed E-state index contributed by atoms with van der Waals surface area (Å²) in [7, 11) is 0. The van der Waals surface area contributed by atoms with Crippen molar-refractivity contribution in [3.05, 3.63) is 48.5 Å². The lowest BCUT2D eigenvalue weighted by atomic mass is 10.0. The second-order valence-electron chi connectivity index (χ2n) is 15.6. The number of carbonyl (C=O) groups is 2. The first-order valence-electron chi connectivity index (χ1n) is 22.6. The van der Waals surface area contributed by atoms with Gasteiger partial charge in [0.2, 0.25) is 11.8 Å². The lowest BCUT2D eigenvalue weighted by molar-refractivity contribution is -0.117. The van der Waals surface area contributed by atoms with Crippen LogP contribution in [0.5, 0.6) is 11.5 Å². The van der Waals surface area contributed by atoms with Gasteiger partial charge in [-0.2, -0.15) is 0 Å². The van der Waals surface area contributed by atoms with Crippen molar-refractivity contribution in [2.45, 2.75) is 219 Å². The van der Waals surface area contributed by atoms with Crippen molar-refractivity contribution in [2.24, 2.45) is 0 Å². The van der Waals surface area contributed by atoms with E-state index in [1.54, 1.807) is 0 Å². The molecule has 5 heteroatoms. The molecule has 0 radical (unpaired) electrons. The highest BCUT2D eigenvalue weighted by molar-refractivity contribution is 5.91. The van der Waals surface area contributed by atoms with Crippen molar-refractivity contribution in [3.8, 4) is 11.5 Å². The molecule has 0 fully saturated rings. The maximum absolute atomic E-state index is 12.4. The van der Waals surface area contributed by atoms with Crippen molar-refractivity contribution >= 4 is 23.2 Å². The Morgan fingerprint density at radius 2 is 0.585 bits per heavy atom. The third kappa shape index (κ3) is 27.4. The summed E-state index contributed by atoms with van der Waals surface area (Å²) in [5.74, 6) is 1.56. The molecule has 53 heavy (non-hydrogen) atoms. The molecule has 0 aromatic heterocycles. The van der Waals surface area contributed by atoms with Crippen LogP contribution in [0.25, 0.3) is 0 Å². The highest BCUT2D eigenvalue weighted by Crippen LogP contribution is 2.25. The standard InChI is InChI=1S/C48H80N2O3/c1-3-5-7-9-11-13-15-17-19-21-23-25-27-29-31-33-47(51)49-43-35-39-45(40-36-43)53-46-41-37-44(38-42-46)50-48(52)34-32-30-28-26-24-22-20-18-16-14-12-10-8-6-4-2/h35-42H,3-34H2,1-2H3,(H,49,51)(H,50,52). The minimum absolute atomic E-state index is 0.0746. The Labute approximate surface area is 326 Å². The molecule has 0 aliphatic heterocycles. The van der Waals surface area contributed by atoms with Gasteiger partial charge in [-0.25, -0.2) is 0 Å². The van der Waals surface area contributed by atoms with Crippen LogP contribution in [-0.4, -0.2) is 11.8 Å². The maximum Gasteiger partial charge on any atom is 0.224 e. The van der Waals surface area contributed by atoms with Gasteiger partial charge in [-0.15, -0.1) is 0 Å². The van der Waals surface area contributed by atoms with E-state index >= 15 is 0 Å². The number of ether oxygens (including phenoxy) is 1. The van der Waals surface area contributed by atoms with Gasteiger partial charge in [0.05, 0.1) is 0 Å². The van der Waals surface area contributed by atoms with Crippen LogP contribution in [0.2, 0.25) is 0 Å². The molecular weight excluding hydrogens is 653 g/mol. The summed E-state index contributed by atoms with van der Waals surface area (Å²) in [5, 5.41) is 6.03. The van der Waals surface area contributed by atoms with Crippen LogP contribution in [0.1, 0.15) is 219 Å². The van der Waals surface area contributed by atoms with E-state index < -0.39 is 0 Å². The lowest BCUT2D eigenvalue weighted by Gasteiger charge is -2.10. The van der Waals surface area contributed by atoms with Crippen LogP contribution in [0, 0.1) is 0 Å². The number of hydrogen-bond donors (Lipinski definition) is 2. The first-order chi connectivity index (χ1) is 26.1. The zero-order chi connectivity index (χ0) is 37.9. The van der Waals surface area contributed by atoms with Crippen LogP contribution < -0.4 is 15.4 Å². The highest BCUT2D eigenvalue weighted by atomic mass is 16.5. The number of amides is 2. The van der Waals surface area contributed by atoms with Crippen molar-refractivity contribution in [3.63, 3.8) is 0 Å². The molecule has 0 aliphatic carbocycles. The Morgan fingerprint density at radius 1 is 0.358 bits per heavy atom. The van der Waals surface area contributed by atoms with E-state index in [0.29, 0.717) is 24.3 Å². The van der Waals surface area contributed by atoms with Gasteiger partial charge < -0.3 is 15.4 Å². The van der Waals surface area contributed by atoms with Crippen LogP contribution in [0.4, 0.5) is 11.4 Å². The summed E-state index contributed by atoms with van der Waals surface area (Å²) < 4.78 is 5.99. The first-order valence-corrected chi connectivity index (χ1v) is 22.6. The summed E-state index contributed by atoms with van der Waals surface area (Å²) in [4.78, 5) is 24.9. The fraction of sp³-hybridized carbons (Fsp3) is 0.708. The molecule has 0 bridgehead atoms. The van der Waals surface area contributed by atoms with Crippen LogP contribution in [0.3, 0.4) is 0 Å². The van der Waals surface area contributed by atoms with E-state index in [1.807, 2.05) is 48.5 Å². The van der Waals surface area contributed by atoms with Gasteiger partial charge in [-0.3, -0.25) is 9.59 Å². The van der Waals surface area contributed by atoms with Crippen molar-refractivity contribution in [1.29, 1.82) is 0 Å². The second-order valence-corrected chi connectivity index (χ2v) is 15.6. The third-order valence-electron chi connectivity index (χ3n) is 10.5. The zero-order valence-corrected chi connectivity index (χ0v) is 34.5. The van der Waals surface area contributed by atoms with Crippen LogP contribution in [0.15, 0.2) is 48.5 Å². The fourth-order valence-corrected chi connectivity index (χ4v) is 7.11. The smallest absolute Gasteiger partial charge is 0.224 e. The quantitative estimate of drug-likeness (QED) is 0.0686. The molecule has 2 rings (SSSR count). The maximum atomic E-state index is 12.4. The Hall–Kier alpha value is -2.82. The minimum atomic E-state index is 0.0746. The Bertz CT molecular complexity index is 1040. The molecule has 0 aliphatic rings. The van der Waals surface area contributed by atoms with Crippen molar-refractivity contribution < 1.29 is 14.3 Å². The summed E-state index contributed by atoms with van der Waals surface area (Å²) in [6.07, 6.45) is 40.9. The average molecular weight is 733 g/mol. The van der Waals surface area contributed by atoms with Crippen molar-refractivity contribution in [2.75, 3.05) is 10.6 Å². The largest absolute Gasteiger partial charge is 0.457 e. The topological polar surface area (TPSA) is 67.4 Å². The summed E-state index contributed by atoms with van der Waals surface area (Å²) in [5.41, 5.74) is 1.57. The van der Waals surface area contributed by atoms with E-state index in [9.17, 15) is 9.59 Å². The molecule has 2 N–H and O–H groups in total. The molecule has 0 heterocycles. The second kappa shape index (κ2) is 33.7. The summed E-state index contributed by atoms with van der Waals surface area (Å²) >= 11 is 0. The number of hydrogen-bond acceptors (Lipinski definition) is 3. The van der Waals surface area contributed by atoms with E-state index in [1.165, 1.54) is 167 Å². The molecule has 0 saturated carbocycles. The van der Waals surface area contributed by atoms with E-state index in [2.05, 4.69) is 24.5 Å². The third-order valence-corrected chi connectivity index (χ3v) is 10.5. The van der Waals surface area contributed by atoms with E-state index in [-0.39, 0.29) is 11.8 Å². The highest BCUT2D eigenvalue weighted by Gasteiger charge is 2.06. The van der Waals surface area contributed by atoms with Crippen LogP contribution in [-0.2, 0) is 9.59 Å². The Balaban J connectivity index is 1.44.